The molecule has 1 aromatic heterocycles. The van der Waals surface area contributed by atoms with Crippen LogP contribution in [0, 0.1) is 5.92 Å². The summed E-state index contributed by atoms with van der Waals surface area (Å²) in [5.41, 5.74) is -0.270. The number of alkyl halides is 3. The number of rotatable bonds is 10. The molecule has 5 nitrogen and oxygen atoms in total. The lowest BCUT2D eigenvalue weighted by atomic mass is 9.95. The Kier molecular flexibility index (Phi) is 9.08. The van der Waals surface area contributed by atoms with Crippen molar-refractivity contribution in [2.45, 2.75) is 57.4 Å². The summed E-state index contributed by atoms with van der Waals surface area (Å²) < 4.78 is 76.8. The number of aromatic nitrogens is 1. The van der Waals surface area contributed by atoms with Crippen molar-refractivity contribution >= 4 is 20.9 Å². The SMILES string of the molecule is CC(C)(C)S(=O)CC[C@H](CCOS(C)(=O)=O)CCc1ccc(C(F)(F)F)nc1. The monoisotopic (exact) mass is 443 g/mol. The molecule has 0 aliphatic rings. The second-order valence-corrected chi connectivity index (χ2v) is 11.7. The molecule has 0 aromatic carbocycles. The molecule has 10 heteroatoms. The Balaban J connectivity index is 2.68. The van der Waals surface area contributed by atoms with E-state index in [2.05, 4.69) is 4.98 Å². The normalized spacial score (nSPS) is 15.4. The van der Waals surface area contributed by atoms with Crippen molar-refractivity contribution < 1.29 is 30.0 Å². The first-order valence-corrected chi connectivity index (χ1v) is 12.1. The van der Waals surface area contributed by atoms with Gasteiger partial charge in [0.15, 0.2) is 0 Å². The van der Waals surface area contributed by atoms with E-state index in [0.717, 1.165) is 12.3 Å². The van der Waals surface area contributed by atoms with Gasteiger partial charge in [-0.3, -0.25) is 13.4 Å². The van der Waals surface area contributed by atoms with Gasteiger partial charge in [0, 0.05) is 27.5 Å². The first-order chi connectivity index (χ1) is 12.7. The Morgan fingerprint density at radius 1 is 1.14 bits per heavy atom. The fraction of sp³-hybridized carbons (Fsp3) is 0.722. The smallest absolute Gasteiger partial charge is 0.270 e. The van der Waals surface area contributed by atoms with Crippen molar-refractivity contribution in [1.29, 1.82) is 0 Å². The zero-order valence-corrected chi connectivity index (χ0v) is 18.2. The Labute approximate surface area is 167 Å². The maximum atomic E-state index is 12.6. The van der Waals surface area contributed by atoms with Gasteiger partial charge in [0.2, 0.25) is 0 Å². The minimum Gasteiger partial charge on any atom is -0.270 e. The van der Waals surface area contributed by atoms with Crippen LogP contribution in [0.5, 0.6) is 0 Å². The molecule has 0 radical (unpaired) electrons. The summed E-state index contributed by atoms with van der Waals surface area (Å²) >= 11 is 0. The van der Waals surface area contributed by atoms with E-state index < -0.39 is 32.8 Å². The highest BCUT2D eigenvalue weighted by atomic mass is 32.2. The summed E-state index contributed by atoms with van der Waals surface area (Å²) in [4.78, 5) is 3.45. The van der Waals surface area contributed by atoms with E-state index in [1.54, 1.807) is 0 Å². The van der Waals surface area contributed by atoms with Gasteiger partial charge in [-0.25, -0.2) is 0 Å². The van der Waals surface area contributed by atoms with Crippen molar-refractivity contribution in [2.24, 2.45) is 5.92 Å². The number of aryl methyl sites for hydroxylation is 1. The van der Waals surface area contributed by atoms with Crippen molar-refractivity contribution in [3.63, 3.8) is 0 Å². The minimum absolute atomic E-state index is 0.0247. The topological polar surface area (TPSA) is 73.3 Å². The number of pyridine rings is 1. The lowest BCUT2D eigenvalue weighted by molar-refractivity contribution is -0.141. The maximum absolute atomic E-state index is 12.6. The zero-order valence-electron chi connectivity index (χ0n) is 16.6. The van der Waals surface area contributed by atoms with Crippen LogP contribution in [-0.2, 0) is 37.7 Å². The largest absolute Gasteiger partial charge is 0.433 e. The minimum atomic E-state index is -4.47. The molecule has 0 spiro atoms. The molecule has 1 rings (SSSR count). The summed E-state index contributed by atoms with van der Waals surface area (Å²) in [5, 5.41) is 0. The summed E-state index contributed by atoms with van der Waals surface area (Å²) in [6.07, 6.45) is -0.0995. The van der Waals surface area contributed by atoms with Crippen LogP contribution in [0.15, 0.2) is 18.3 Å². The predicted molar refractivity (Wildman–Crippen MR) is 104 cm³/mol. The number of hydrogen-bond donors (Lipinski definition) is 0. The Morgan fingerprint density at radius 3 is 2.25 bits per heavy atom. The first-order valence-electron chi connectivity index (χ1n) is 8.93. The van der Waals surface area contributed by atoms with Crippen molar-refractivity contribution in [2.75, 3.05) is 18.6 Å². The lowest BCUT2D eigenvalue weighted by Gasteiger charge is -2.21. The molecule has 2 atom stereocenters. The molecule has 0 saturated carbocycles. The van der Waals surface area contributed by atoms with Crippen LogP contribution < -0.4 is 0 Å². The van der Waals surface area contributed by atoms with E-state index >= 15 is 0 Å². The summed E-state index contributed by atoms with van der Waals surface area (Å²) in [6, 6.07) is 2.35. The molecule has 1 aromatic rings. The lowest BCUT2D eigenvalue weighted by Crippen LogP contribution is -2.25. The first kappa shape index (κ1) is 25.0. The molecule has 0 fully saturated rings. The molecule has 0 bridgehead atoms. The molecule has 0 amide bonds. The van der Waals surface area contributed by atoms with E-state index in [9.17, 15) is 25.8 Å². The molecule has 1 unspecified atom stereocenters. The van der Waals surface area contributed by atoms with Crippen LogP contribution in [0.25, 0.3) is 0 Å². The highest BCUT2D eigenvalue weighted by molar-refractivity contribution is 7.86. The van der Waals surface area contributed by atoms with Crippen LogP contribution >= 0.6 is 0 Å². The average molecular weight is 444 g/mol. The quantitative estimate of drug-likeness (QED) is 0.512. The third kappa shape index (κ3) is 9.97. The van der Waals surface area contributed by atoms with Crippen molar-refractivity contribution in [3.05, 3.63) is 29.6 Å². The van der Waals surface area contributed by atoms with Gasteiger partial charge in [-0.05, 0) is 64.0 Å². The second-order valence-electron chi connectivity index (χ2n) is 7.72. The van der Waals surface area contributed by atoms with Gasteiger partial charge in [-0.15, -0.1) is 0 Å². The van der Waals surface area contributed by atoms with Gasteiger partial charge >= 0.3 is 6.18 Å². The maximum Gasteiger partial charge on any atom is 0.433 e. The molecule has 28 heavy (non-hydrogen) atoms. The van der Waals surface area contributed by atoms with Gasteiger partial charge < -0.3 is 0 Å². The zero-order chi connectivity index (χ0) is 21.6. The third-order valence-electron chi connectivity index (χ3n) is 4.17. The van der Waals surface area contributed by atoms with E-state index in [1.165, 1.54) is 12.3 Å². The van der Waals surface area contributed by atoms with Crippen molar-refractivity contribution in [1.82, 2.24) is 4.98 Å². The second kappa shape index (κ2) is 10.2. The van der Waals surface area contributed by atoms with Crippen LogP contribution in [-0.4, -0.2) is 41.0 Å². The van der Waals surface area contributed by atoms with Crippen LogP contribution in [0.3, 0.4) is 0 Å². The van der Waals surface area contributed by atoms with E-state index in [0.29, 0.717) is 37.0 Å². The van der Waals surface area contributed by atoms with E-state index in [4.69, 9.17) is 4.18 Å². The van der Waals surface area contributed by atoms with Crippen LogP contribution in [0.1, 0.15) is 51.3 Å². The van der Waals surface area contributed by atoms with Crippen molar-refractivity contribution in [3.8, 4) is 0 Å². The third-order valence-corrected chi connectivity index (χ3v) is 6.74. The Bertz CT molecular complexity index is 742. The fourth-order valence-corrected chi connectivity index (χ4v) is 4.05. The highest BCUT2D eigenvalue weighted by Crippen LogP contribution is 2.27. The van der Waals surface area contributed by atoms with Crippen LogP contribution in [0.2, 0.25) is 0 Å². The standard InChI is InChI=1S/C18H28F3NO4S2/c1-17(2,3)27(23)12-10-14(9-11-26-28(4,24)25)5-6-15-7-8-16(22-13-15)18(19,20)21/h7-8,13-14H,5-6,9-12H2,1-4H3/t14-,27?/m0/s1. The van der Waals surface area contributed by atoms with Gasteiger partial charge in [0.05, 0.1) is 12.9 Å². The van der Waals surface area contributed by atoms with Gasteiger partial charge in [0.1, 0.15) is 5.69 Å². The summed E-state index contributed by atoms with van der Waals surface area (Å²) in [5.74, 6) is 0.508. The van der Waals surface area contributed by atoms with E-state index in [1.807, 2.05) is 20.8 Å². The Hall–Kier alpha value is -1.00. The molecule has 1 heterocycles. The highest BCUT2D eigenvalue weighted by Gasteiger charge is 2.32. The molecule has 0 aliphatic carbocycles. The molecule has 0 N–H and O–H groups in total. The van der Waals surface area contributed by atoms with E-state index in [-0.39, 0.29) is 17.3 Å². The van der Waals surface area contributed by atoms with Crippen LogP contribution in [0.4, 0.5) is 13.2 Å². The molecular weight excluding hydrogens is 415 g/mol. The summed E-state index contributed by atoms with van der Waals surface area (Å²) in [7, 11) is -4.57. The molecule has 0 saturated heterocycles. The molecule has 162 valence electrons. The van der Waals surface area contributed by atoms with Gasteiger partial charge in [-0.1, -0.05) is 6.07 Å². The average Bonchev–Trinajstić information content (AvgIpc) is 2.54. The van der Waals surface area contributed by atoms with Gasteiger partial charge in [-0.2, -0.15) is 21.6 Å². The number of hydrogen-bond acceptors (Lipinski definition) is 5. The number of nitrogens with zero attached hydrogens (tertiary/aromatic N) is 1. The van der Waals surface area contributed by atoms with Gasteiger partial charge in [0.25, 0.3) is 10.1 Å². The number of halogens is 3. The molecular formula is C18H28F3NO4S2. The predicted octanol–water partition coefficient (Wildman–Crippen LogP) is 3.95. The molecule has 0 aliphatic heterocycles. The fourth-order valence-electron chi connectivity index (χ4n) is 2.49. The Morgan fingerprint density at radius 2 is 1.79 bits per heavy atom. The summed E-state index contributed by atoms with van der Waals surface area (Å²) in [6.45, 7) is 5.69.